The Morgan fingerprint density at radius 1 is 1.13 bits per heavy atom. The molecule has 0 spiro atoms. The minimum absolute atomic E-state index is 0.0926. The quantitative estimate of drug-likeness (QED) is 0.327. The summed E-state index contributed by atoms with van der Waals surface area (Å²) in [5, 5.41) is 11.4. The molecule has 1 fully saturated rings. The lowest BCUT2D eigenvalue weighted by molar-refractivity contribution is -0.384. The van der Waals surface area contributed by atoms with E-state index in [2.05, 4.69) is 9.88 Å². The van der Waals surface area contributed by atoms with Crippen LogP contribution in [0.25, 0.3) is 22.3 Å². The fourth-order valence-electron chi connectivity index (χ4n) is 4.02. The fraction of sp³-hybridized carbons (Fsp3) is 0.391. The van der Waals surface area contributed by atoms with Crippen molar-refractivity contribution in [3.05, 3.63) is 62.9 Å². The van der Waals surface area contributed by atoms with Crippen LogP contribution in [-0.4, -0.2) is 45.6 Å². The predicted octanol–water partition coefficient (Wildman–Crippen LogP) is 3.76. The van der Waals surface area contributed by atoms with Gasteiger partial charge in [-0.3, -0.25) is 19.5 Å². The minimum Gasteiger partial charge on any atom is -0.494 e. The van der Waals surface area contributed by atoms with E-state index in [9.17, 15) is 14.9 Å². The van der Waals surface area contributed by atoms with Gasteiger partial charge in [0.1, 0.15) is 11.6 Å². The summed E-state index contributed by atoms with van der Waals surface area (Å²) in [7, 11) is 1.65. The standard InChI is InChI=1S/C23H26N4O4/c1-25-22(24-21-16-18(27(29)30)9-10-20(21)23(25)28)17-7-5-8-19(15-17)31-14-6-13-26-11-3-2-4-12-26/h5,7-10,15-16H,2-4,6,11-14H2,1H3. The average Bonchev–Trinajstić information content (AvgIpc) is 2.79. The molecule has 0 atom stereocenters. The number of benzene rings is 2. The highest BCUT2D eigenvalue weighted by molar-refractivity contribution is 5.82. The molecule has 0 saturated carbocycles. The molecule has 0 N–H and O–H groups in total. The lowest BCUT2D eigenvalue weighted by Gasteiger charge is -2.26. The molecule has 0 aliphatic carbocycles. The topological polar surface area (TPSA) is 90.5 Å². The lowest BCUT2D eigenvalue weighted by Crippen LogP contribution is -2.31. The Labute approximate surface area is 180 Å². The highest BCUT2D eigenvalue weighted by Crippen LogP contribution is 2.24. The van der Waals surface area contributed by atoms with Crippen molar-refractivity contribution in [1.29, 1.82) is 0 Å². The van der Waals surface area contributed by atoms with Crippen LogP contribution in [0.3, 0.4) is 0 Å². The van der Waals surface area contributed by atoms with Crippen LogP contribution in [0.2, 0.25) is 0 Å². The summed E-state index contributed by atoms with van der Waals surface area (Å²) in [4.78, 5) is 30.4. The van der Waals surface area contributed by atoms with E-state index in [0.717, 1.165) is 18.5 Å². The Morgan fingerprint density at radius 2 is 1.94 bits per heavy atom. The first-order chi connectivity index (χ1) is 15.0. The van der Waals surface area contributed by atoms with Crippen molar-refractivity contribution in [2.24, 2.45) is 7.05 Å². The summed E-state index contributed by atoms with van der Waals surface area (Å²) in [6, 6.07) is 11.6. The van der Waals surface area contributed by atoms with E-state index in [0.29, 0.717) is 29.1 Å². The molecule has 2 heterocycles. The van der Waals surface area contributed by atoms with Gasteiger partial charge >= 0.3 is 0 Å². The van der Waals surface area contributed by atoms with E-state index in [1.807, 2.05) is 24.3 Å². The molecule has 1 saturated heterocycles. The van der Waals surface area contributed by atoms with E-state index in [-0.39, 0.29) is 11.2 Å². The minimum atomic E-state index is -0.489. The molecular weight excluding hydrogens is 396 g/mol. The number of non-ortho nitro benzene ring substituents is 1. The first kappa shape index (κ1) is 21.0. The number of ether oxygens (including phenoxy) is 1. The smallest absolute Gasteiger partial charge is 0.271 e. The maximum atomic E-state index is 12.8. The van der Waals surface area contributed by atoms with Gasteiger partial charge in [0.2, 0.25) is 0 Å². The second kappa shape index (κ2) is 9.26. The van der Waals surface area contributed by atoms with Crippen molar-refractivity contribution in [3.8, 4) is 17.1 Å². The van der Waals surface area contributed by atoms with E-state index in [1.54, 1.807) is 7.05 Å². The summed E-state index contributed by atoms with van der Waals surface area (Å²) in [6.07, 6.45) is 4.85. The van der Waals surface area contributed by atoms with Crippen molar-refractivity contribution in [3.63, 3.8) is 0 Å². The molecule has 162 valence electrons. The summed E-state index contributed by atoms with van der Waals surface area (Å²) in [5.74, 6) is 1.15. The number of hydrogen-bond acceptors (Lipinski definition) is 6. The van der Waals surface area contributed by atoms with Crippen LogP contribution in [0.5, 0.6) is 5.75 Å². The number of nitrogens with zero attached hydrogens (tertiary/aromatic N) is 4. The Hall–Kier alpha value is -3.26. The molecule has 0 unspecified atom stereocenters. The SMILES string of the molecule is Cn1c(-c2cccc(OCCCN3CCCCC3)c2)nc2cc([N+](=O)[O-])ccc2c1=O. The van der Waals surface area contributed by atoms with Gasteiger partial charge in [-0.25, -0.2) is 4.98 Å². The normalized spacial score (nSPS) is 14.6. The fourth-order valence-corrected chi connectivity index (χ4v) is 4.02. The Bertz CT molecular complexity index is 1150. The van der Waals surface area contributed by atoms with Gasteiger partial charge in [0.05, 0.1) is 22.4 Å². The molecule has 31 heavy (non-hydrogen) atoms. The first-order valence-electron chi connectivity index (χ1n) is 10.6. The molecular formula is C23H26N4O4. The van der Waals surface area contributed by atoms with Gasteiger partial charge in [-0.2, -0.15) is 0 Å². The third-order valence-electron chi connectivity index (χ3n) is 5.70. The molecule has 3 aromatic rings. The average molecular weight is 422 g/mol. The van der Waals surface area contributed by atoms with Crippen molar-refractivity contribution < 1.29 is 9.66 Å². The van der Waals surface area contributed by atoms with Gasteiger partial charge < -0.3 is 9.64 Å². The molecule has 4 rings (SSSR count). The zero-order valence-corrected chi connectivity index (χ0v) is 17.6. The van der Waals surface area contributed by atoms with Crippen LogP contribution < -0.4 is 10.3 Å². The van der Waals surface area contributed by atoms with Gasteiger partial charge in [0, 0.05) is 31.3 Å². The molecule has 1 aromatic heterocycles. The number of aromatic nitrogens is 2. The summed E-state index contributed by atoms with van der Waals surface area (Å²) >= 11 is 0. The van der Waals surface area contributed by atoms with E-state index in [1.165, 1.54) is 55.1 Å². The zero-order valence-electron chi connectivity index (χ0n) is 17.6. The monoisotopic (exact) mass is 422 g/mol. The summed E-state index contributed by atoms with van der Waals surface area (Å²) in [6.45, 7) is 4.01. The Morgan fingerprint density at radius 3 is 2.71 bits per heavy atom. The first-order valence-corrected chi connectivity index (χ1v) is 10.6. The number of likely N-dealkylation sites (tertiary alicyclic amines) is 1. The highest BCUT2D eigenvalue weighted by Gasteiger charge is 2.14. The third kappa shape index (κ3) is 4.74. The van der Waals surface area contributed by atoms with Gasteiger partial charge in [0.15, 0.2) is 0 Å². The van der Waals surface area contributed by atoms with Crippen LogP contribution in [0.15, 0.2) is 47.3 Å². The number of rotatable bonds is 7. The Kier molecular flexibility index (Phi) is 6.27. The number of fused-ring (bicyclic) bond motifs is 1. The van der Waals surface area contributed by atoms with Crippen molar-refractivity contribution in [1.82, 2.24) is 14.5 Å². The molecule has 1 aliphatic heterocycles. The molecule has 0 amide bonds. The molecule has 0 bridgehead atoms. The Balaban J connectivity index is 1.53. The number of piperidine rings is 1. The maximum absolute atomic E-state index is 12.8. The highest BCUT2D eigenvalue weighted by atomic mass is 16.6. The summed E-state index contributed by atoms with van der Waals surface area (Å²) < 4.78 is 7.40. The third-order valence-corrected chi connectivity index (χ3v) is 5.70. The van der Waals surface area contributed by atoms with Gasteiger partial charge in [-0.15, -0.1) is 0 Å². The van der Waals surface area contributed by atoms with Crippen molar-refractivity contribution >= 4 is 16.6 Å². The van der Waals surface area contributed by atoms with Crippen LogP contribution in [0.4, 0.5) is 5.69 Å². The van der Waals surface area contributed by atoms with Crippen LogP contribution in [0, 0.1) is 10.1 Å². The second-order valence-electron chi connectivity index (χ2n) is 7.89. The second-order valence-corrected chi connectivity index (χ2v) is 7.89. The lowest BCUT2D eigenvalue weighted by atomic mass is 10.1. The molecule has 8 heteroatoms. The van der Waals surface area contributed by atoms with Gasteiger partial charge in [-0.1, -0.05) is 18.6 Å². The number of hydrogen-bond donors (Lipinski definition) is 0. The maximum Gasteiger partial charge on any atom is 0.271 e. The molecule has 2 aromatic carbocycles. The van der Waals surface area contributed by atoms with E-state index < -0.39 is 4.92 Å². The van der Waals surface area contributed by atoms with Gasteiger partial charge in [-0.05, 0) is 50.6 Å². The van der Waals surface area contributed by atoms with Crippen LogP contribution in [0.1, 0.15) is 25.7 Å². The van der Waals surface area contributed by atoms with Gasteiger partial charge in [0.25, 0.3) is 11.2 Å². The number of nitro groups is 1. The van der Waals surface area contributed by atoms with Crippen LogP contribution >= 0.6 is 0 Å². The van der Waals surface area contributed by atoms with Crippen LogP contribution in [-0.2, 0) is 7.05 Å². The zero-order chi connectivity index (χ0) is 21.8. The predicted molar refractivity (Wildman–Crippen MR) is 119 cm³/mol. The number of nitro benzene ring substituents is 1. The molecule has 8 nitrogen and oxygen atoms in total. The largest absolute Gasteiger partial charge is 0.494 e. The van der Waals surface area contributed by atoms with E-state index in [4.69, 9.17) is 4.74 Å². The molecule has 0 radical (unpaired) electrons. The van der Waals surface area contributed by atoms with Crippen molar-refractivity contribution in [2.75, 3.05) is 26.2 Å². The molecule has 1 aliphatic rings. The summed E-state index contributed by atoms with van der Waals surface area (Å²) in [5.41, 5.74) is 0.689. The van der Waals surface area contributed by atoms with Crippen molar-refractivity contribution in [2.45, 2.75) is 25.7 Å². The van der Waals surface area contributed by atoms with E-state index >= 15 is 0 Å².